The van der Waals surface area contributed by atoms with Gasteiger partial charge in [-0.3, -0.25) is 4.79 Å². The normalized spacial score (nSPS) is 24.0. The van der Waals surface area contributed by atoms with Crippen LogP contribution in [0, 0.1) is 5.92 Å². The van der Waals surface area contributed by atoms with Gasteiger partial charge >= 0.3 is 0 Å². The van der Waals surface area contributed by atoms with Crippen molar-refractivity contribution in [1.82, 2.24) is 0 Å². The van der Waals surface area contributed by atoms with Crippen molar-refractivity contribution in [1.29, 1.82) is 0 Å². The number of rotatable bonds is 3. The topological polar surface area (TPSA) is 55.1 Å². The summed E-state index contributed by atoms with van der Waals surface area (Å²) in [7, 11) is 0. The molecule has 0 heterocycles. The van der Waals surface area contributed by atoms with E-state index in [2.05, 4.69) is 17.4 Å². The number of nitrogens with one attached hydrogen (secondary N) is 1. The molecule has 1 fully saturated rings. The van der Waals surface area contributed by atoms with E-state index in [1.807, 2.05) is 6.07 Å². The van der Waals surface area contributed by atoms with Gasteiger partial charge in [-0.05, 0) is 61.3 Å². The van der Waals surface area contributed by atoms with Gasteiger partial charge in [0.2, 0.25) is 5.91 Å². The summed E-state index contributed by atoms with van der Waals surface area (Å²) in [6.45, 7) is 0. The van der Waals surface area contributed by atoms with E-state index in [0.717, 1.165) is 24.9 Å². The molecule has 2 atom stereocenters. The molecule has 2 unspecified atom stereocenters. The Morgan fingerprint density at radius 2 is 1.90 bits per heavy atom. The van der Waals surface area contributed by atoms with E-state index in [1.54, 1.807) is 0 Å². The van der Waals surface area contributed by atoms with Crippen LogP contribution in [0.4, 0.5) is 5.69 Å². The van der Waals surface area contributed by atoms with E-state index in [9.17, 15) is 4.79 Å². The lowest BCUT2D eigenvalue weighted by molar-refractivity contribution is -0.117. The molecule has 0 saturated heterocycles. The highest BCUT2D eigenvalue weighted by Gasteiger charge is 2.24. The average Bonchev–Trinajstić information content (AvgIpc) is 2.89. The second kappa shape index (κ2) is 7.28. The largest absolute Gasteiger partial charge is 0.327 e. The van der Waals surface area contributed by atoms with Crippen molar-refractivity contribution in [3.05, 3.63) is 29.3 Å². The van der Waals surface area contributed by atoms with Crippen molar-refractivity contribution >= 4 is 24.0 Å². The van der Waals surface area contributed by atoms with Crippen molar-refractivity contribution in [2.75, 3.05) is 5.32 Å². The zero-order chi connectivity index (χ0) is 13.9. The number of carbonyl (C=O) groups is 1. The number of carbonyl (C=O) groups excluding carboxylic acids is 1. The number of anilines is 1. The lowest BCUT2D eigenvalue weighted by atomic mass is 9.83. The van der Waals surface area contributed by atoms with Crippen LogP contribution in [0.2, 0.25) is 0 Å². The molecule has 0 aromatic heterocycles. The molecule has 2 aliphatic carbocycles. The summed E-state index contributed by atoms with van der Waals surface area (Å²) in [5, 5.41) is 3.04. The molecule has 3 nitrogen and oxygen atoms in total. The molecule has 1 aromatic carbocycles. The van der Waals surface area contributed by atoms with Gasteiger partial charge in [-0.2, -0.15) is 0 Å². The standard InChI is InChI=1S/C17H24N2O.ClH/c18-16-7-2-1-4-14(16)11-17(20)19-15-9-8-12-5-3-6-13(12)10-15;/h8-10,14,16H,1-7,11,18H2,(H,19,20);1H. The number of nitrogens with two attached hydrogens (primary N) is 1. The van der Waals surface area contributed by atoms with Gasteiger partial charge < -0.3 is 11.1 Å². The molecule has 1 amide bonds. The van der Waals surface area contributed by atoms with Crippen LogP contribution >= 0.6 is 12.4 Å². The number of amides is 1. The van der Waals surface area contributed by atoms with Gasteiger partial charge in [0.25, 0.3) is 0 Å². The maximum absolute atomic E-state index is 12.2. The van der Waals surface area contributed by atoms with Crippen molar-refractivity contribution in [2.24, 2.45) is 11.7 Å². The smallest absolute Gasteiger partial charge is 0.224 e. The summed E-state index contributed by atoms with van der Waals surface area (Å²) < 4.78 is 0. The van der Waals surface area contributed by atoms with Crippen LogP contribution in [0.15, 0.2) is 18.2 Å². The minimum Gasteiger partial charge on any atom is -0.327 e. The van der Waals surface area contributed by atoms with Crippen LogP contribution in [0.5, 0.6) is 0 Å². The second-order valence-corrected chi connectivity index (χ2v) is 6.30. The Morgan fingerprint density at radius 1 is 1.14 bits per heavy atom. The van der Waals surface area contributed by atoms with Gasteiger partial charge in [0, 0.05) is 18.2 Å². The summed E-state index contributed by atoms with van der Waals surface area (Å²) in [4.78, 5) is 12.2. The monoisotopic (exact) mass is 308 g/mol. The van der Waals surface area contributed by atoms with Gasteiger partial charge in [0.15, 0.2) is 0 Å². The van der Waals surface area contributed by atoms with Crippen LogP contribution in [0.1, 0.15) is 49.7 Å². The third-order valence-electron chi connectivity index (χ3n) is 4.80. The van der Waals surface area contributed by atoms with Crippen LogP contribution in [0.3, 0.4) is 0 Å². The molecule has 2 aliphatic rings. The van der Waals surface area contributed by atoms with Crippen molar-refractivity contribution in [3.63, 3.8) is 0 Å². The lowest BCUT2D eigenvalue weighted by Crippen LogP contribution is -2.35. The number of hydrogen-bond donors (Lipinski definition) is 2. The zero-order valence-corrected chi connectivity index (χ0v) is 13.3. The first-order valence-corrected chi connectivity index (χ1v) is 7.89. The second-order valence-electron chi connectivity index (χ2n) is 6.30. The van der Waals surface area contributed by atoms with Gasteiger partial charge in [0.1, 0.15) is 0 Å². The summed E-state index contributed by atoms with van der Waals surface area (Å²) >= 11 is 0. The summed E-state index contributed by atoms with van der Waals surface area (Å²) in [5.41, 5.74) is 9.90. The molecule has 3 N–H and O–H groups in total. The third kappa shape index (κ3) is 3.98. The highest BCUT2D eigenvalue weighted by molar-refractivity contribution is 5.91. The molecular formula is C17H25ClN2O. The number of hydrogen-bond acceptors (Lipinski definition) is 2. The van der Waals surface area contributed by atoms with Crippen LogP contribution in [-0.2, 0) is 17.6 Å². The molecule has 0 aliphatic heterocycles. The van der Waals surface area contributed by atoms with Crippen molar-refractivity contribution in [2.45, 2.75) is 57.4 Å². The van der Waals surface area contributed by atoms with Gasteiger partial charge in [-0.1, -0.05) is 18.9 Å². The minimum atomic E-state index is 0. The molecule has 1 saturated carbocycles. The Labute approximate surface area is 133 Å². The van der Waals surface area contributed by atoms with Gasteiger partial charge in [-0.15, -0.1) is 12.4 Å². The first-order chi connectivity index (χ1) is 9.72. The fraction of sp³-hybridized carbons (Fsp3) is 0.588. The maximum atomic E-state index is 12.2. The predicted octanol–water partition coefficient (Wildman–Crippen LogP) is 3.44. The predicted molar refractivity (Wildman–Crippen MR) is 88.9 cm³/mol. The third-order valence-corrected chi connectivity index (χ3v) is 4.80. The summed E-state index contributed by atoms with van der Waals surface area (Å²) in [5.74, 6) is 0.475. The van der Waals surface area contributed by atoms with E-state index in [0.29, 0.717) is 12.3 Å². The van der Waals surface area contributed by atoms with E-state index in [-0.39, 0.29) is 24.4 Å². The zero-order valence-electron chi connectivity index (χ0n) is 12.4. The maximum Gasteiger partial charge on any atom is 0.224 e. The van der Waals surface area contributed by atoms with Gasteiger partial charge in [0.05, 0.1) is 0 Å². The Kier molecular flexibility index (Phi) is 5.65. The van der Waals surface area contributed by atoms with E-state index in [1.165, 1.54) is 36.8 Å². The van der Waals surface area contributed by atoms with E-state index in [4.69, 9.17) is 5.73 Å². The average molecular weight is 309 g/mol. The fourth-order valence-corrected chi connectivity index (χ4v) is 3.59. The molecular weight excluding hydrogens is 284 g/mol. The molecule has 0 spiro atoms. The molecule has 4 heteroatoms. The van der Waals surface area contributed by atoms with Gasteiger partial charge in [-0.25, -0.2) is 0 Å². The Morgan fingerprint density at radius 3 is 2.71 bits per heavy atom. The highest BCUT2D eigenvalue weighted by atomic mass is 35.5. The highest BCUT2D eigenvalue weighted by Crippen LogP contribution is 2.27. The van der Waals surface area contributed by atoms with Crippen molar-refractivity contribution in [3.8, 4) is 0 Å². The molecule has 116 valence electrons. The summed E-state index contributed by atoms with van der Waals surface area (Å²) in [6.07, 6.45) is 8.72. The van der Waals surface area contributed by atoms with Crippen molar-refractivity contribution < 1.29 is 4.79 Å². The Balaban J connectivity index is 0.00000161. The number of benzene rings is 1. The first-order valence-electron chi connectivity index (χ1n) is 7.89. The molecule has 1 aromatic rings. The molecule has 3 rings (SSSR count). The quantitative estimate of drug-likeness (QED) is 0.898. The Hall–Kier alpha value is -1.06. The number of aryl methyl sites for hydroxylation is 2. The molecule has 0 radical (unpaired) electrons. The number of fused-ring (bicyclic) bond motifs is 1. The van der Waals surface area contributed by atoms with E-state index < -0.39 is 0 Å². The first kappa shape index (κ1) is 16.3. The Bertz CT molecular complexity index is 504. The van der Waals surface area contributed by atoms with E-state index >= 15 is 0 Å². The van der Waals surface area contributed by atoms with Crippen LogP contribution in [0.25, 0.3) is 0 Å². The lowest BCUT2D eigenvalue weighted by Gasteiger charge is -2.27. The van der Waals surface area contributed by atoms with Crippen LogP contribution in [-0.4, -0.2) is 11.9 Å². The fourth-order valence-electron chi connectivity index (χ4n) is 3.59. The minimum absolute atomic E-state index is 0. The molecule has 0 bridgehead atoms. The number of halogens is 1. The summed E-state index contributed by atoms with van der Waals surface area (Å²) in [6, 6.07) is 6.53. The SMILES string of the molecule is Cl.NC1CCCCC1CC(=O)Nc1ccc2c(c1)CCC2. The van der Waals surface area contributed by atoms with Crippen LogP contribution < -0.4 is 11.1 Å². The molecule has 21 heavy (non-hydrogen) atoms.